The monoisotopic (exact) mass is 464 g/mol. The molecule has 0 bridgehead atoms. The molecule has 0 saturated carbocycles. The molecule has 0 N–H and O–H groups in total. The third kappa shape index (κ3) is 4.47. The number of fused-ring (bicyclic) bond motifs is 1. The summed E-state index contributed by atoms with van der Waals surface area (Å²) < 4.78 is 5.53. The zero-order valence-corrected chi connectivity index (χ0v) is 19.9. The Kier molecular flexibility index (Phi) is 6.19. The van der Waals surface area contributed by atoms with Crippen molar-refractivity contribution in [3.63, 3.8) is 0 Å². The number of benzene rings is 4. The number of amidine groups is 1. The van der Waals surface area contributed by atoms with Gasteiger partial charge < -0.3 is 4.74 Å². The number of thioether (sulfide) groups is 1. The number of methoxy groups -OCH3 is 1. The van der Waals surface area contributed by atoms with Crippen LogP contribution in [0.2, 0.25) is 0 Å². The van der Waals surface area contributed by atoms with Crippen LogP contribution in [0.1, 0.15) is 16.7 Å². The van der Waals surface area contributed by atoms with E-state index in [1.54, 1.807) is 12.0 Å². The van der Waals surface area contributed by atoms with Crippen LogP contribution in [0.25, 0.3) is 16.8 Å². The van der Waals surface area contributed by atoms with Gasteiger partial charge in [-0.05, 0) is 59.5 Å². The fraction of sp³-hybridized carbons (Fsp3) is 0.103. The van der Waals surface area contributed by atoms with Gasteiger partial charge in [0.15, 0.2) is 5.17 Å². The predicted molar refractivity (Wildman–Crippen MR) is 141 cm³/mol. The van der Waals surface area contributed by atoms with E-state index in [-0.39, 0.29) is 5.91 Å². The Hall–Kier alpha value is -3.83. The largest absolute Gasteiger partial charge is 0.496 e. The highest BCUT2D eigenvalue weighted by atomic mass is 32.2. The van der Waals surface area contributed by atoms with E-state index in [0.29, 0.717) is 16.6 Å². The van der Waals surface area contributed by atoms with Crippen molar-refractivity contribution in [3.05, 3.63) is 113 Å². The molecule has 1 fully saturated rings. The number of ether oxygens (including phenoxy) is 1. The van der Waals surface area contributed by atoms with E-state index in [9.17, 15) is 4.79 Å². The van der Waals surface area contributed by atoms with E-state index in [1.165, 1.54) is 17.3 Å². The number of aliphatic imine (C=N–C) groups is 1. The quantitative estimate of drug-likeness (QED) is 0.300. The minimum Gasteiger partial charge on any atom is -0.496 e. The molecule has 168 valence electrons. The van der Waals surface area contributed by atoms with E-state index >= 15 is 0 Å². The van der Waals surface area contributed by atoms with Crippen molar-refractivity contribution in [2.24, 2.45) is 4.99 Å². The second-order valence-electron chi connectivity index (χ2n) is 8.12. The molecule has 1 heterocycles. The van der Waals surface area contributed by atoms with Gasteiger partial charge in [-0.1, -0.05) is 78.4 Å². The van der Waals surface area contributed by atoms with Crippen LogP contribution in [0.3, 0.4) is 0 Å². The molecule has 1 aliphatic rings. The maximum absolute atomic E-state index is 13.6. The molecule has 5 heteroatoms. The number of carbonyl (C=O) groups is 1. The summed E-state index contributed by atoms with van der Waals surface area (Å²) in [5, 5.41) is 2.74. The van der Waals surface area contributed by atoms with E-state index in [4.69, 9.17) is 9.73 Å². The molecule has 0 unspecified atom stereocenters. The Morgan fingerprint density at radius 2 is 1.59 bits per heavy atom. The van der Waals surface area contributed by atoms with Crippen LogP contribution in [0, 0.1) is 6.92 Å². The Bertz CT molecular complexity index is 1410. The van der Waals surface area contributed by atoms with Crippen LogP contribution in [0.4, 0.5) is 5.69 Å². The van der Waals surface area contributed by atoms with E-state index in [1.807, 2.05) is 97.9 Å². The highest BCUT2D eigenvalue weighted by molar-refractivity contribution is 8.18. The predicted octanol–water partition coefficient (Wildman–Crippen LogP) is 6.96. The fourth-order valence-electron chi connectivity index (χ4n) is 3.97. The van der Waals surface area contributed by atoms with Crippen molar-refractivity contribution < 1.29 is 9.53 Å². The summed E-state index contributed by atoms with van der Waals surface area (Å²) >= 11 is 1.41. The van der Waals surface area contributed by atoms with Gasteiger partial charge in [-0.2, -0.15) is 0 Å². The maximum Gasteiger partial charge on any atom is 0.267 e. The van der Waals surface area contributed by atoms with Crippen LogP contribution in [-0.4, -0.2) is 23.1 Å². The Morgan fingerprint density at radius 3 is 2.32 bits per heavy atom. The van der Waals surface area contributed by atoms with Crippen molar-refractivity contribution in [1.82, 2.24) is 4.90 Å². The fourth-order valence-corrected chi connectivity index (χ4v) is 4.96. The molecule has 1 aliphatic heterocycles. The van der Waals surface area contributed by atoms with Crippen LogP contribution in [0.15, 0.2) is 101 Å². The first kappa shape index (κ1) is 22.0. The molecule has 34 heavy (non-hydrogen) atoms. The third-order valence-corrected chi connectivity index (χ3v) is 6.76. The first-order valence-electron chi connectivity index (χ1n) is 11.1. The van der Waals surface area contributed by atoms with E-state index in [0.717, 1.165) is 33.3 Å². The van der Waals surface area contributed by atoms with E-state index in [2.05, 4.69) is 6.07 Å². The van der Waals surface area contributed by atoms with Crippen molar-refractivity contribution in [1.29, 1.82) is 0 Å². The lowest BCUT2D eigenvalue weighted by Gasteiger charge is -2.15. The average Bonchev–Trinajstić information content (AvgIpc) is 3.15. The molecule has 0 spiro atoms. The van der Waals surface area contributed by atoms with Crippen molar-refractivity contribution >= 4 is 45.4 Å². The van der Waals surface area contributed by atoms with Gasteiger partial charge in [0.1, 0.15) is 5.75 Å². The lowest BCUT2D eigenvalue weighted by atomic mass is 10.0. The van der Waals surface area contributed by atoms with Crippen molar-refractivity contribution in [2.45, 2.75) is 13.5 Å². The molecule has 1 amide bonds. The number of amides is 1. The summed E-state index contributed by atoms with van der Waals surface area (Å²) in [6, 6.07) is 30.0. The normalized spacial score (nSPS) is 16.1. The Morgan fingerprint density at radius 1 is 0.882 bits per heavy atom. The maximum atomic E-state index is 13.6. The smallest absolute Gasteiger partial charge is 0.267 e. The Labute approximate surface area is 203 Å². The van der Waals surface area contributed by atoms with Crippen LogP contribution < -0.4 is 4.74 Å². The molecule has 5 rings (SSSR count). The van der Waals surface area contributed by atoms with Gasteiger partial charge in [0.25, 0.3) is 5.91 Å². The lowest BCUT2D eigenvalue weighted by Crippen LogP contribution is -2.28. The summed E-state index contributed by atoms with van der Waals surface area (Å²) in [5.41, 5.74) is 4.04. The zero-order valence-electron chi connectivity index (χ0n) is 19.1. The molecule has 0 aliphatic carbocycles. The van der Waals surface area contributed by atoms with Gasteiger partial charge in [0.05, 0.1) is 24.2 Å². The van der Waals surface area contributed by atoms with Gasteiger partial charge in [0.2, 0.25) is 0 Å². The minimum atomic E-state index is -0.0420. The summed E-state index contributed by atoms with van der Waals surface area (Å²) in [6.07, 6.45) is 1.96. The summed E-state index contributed by atoms with van der Waals surface area (Å²) in [6.45, 7) is 2.52. The molecule has 4 aromatic rings. The second-order valence-corrected chi connectivity index (χ2v) is 9.13. The summed E-state index contributed by atoms with van der Waals surface area (Å²) in [4.78, 5) is 20.8. The molecular weight excluding hydrogens is 440 g/mol. The molecule has 1 saturated heterocycles. The number of hydrogen-bond acceptors (Lipinski definition) is 4. The van der Waals surface area contributed by atoms with Crippen molar-refractivity contribution in [3.8, 4) is 5.75 Å². The van der Waals surface area contributed by atoms with Gasteiger partial charge in [-0.3, -0.25) is 9.69 Å². The second kappa shape index (κ2) is 9.57. The standard InChI is InChI=1S/C29H24N2O2S/c1-20-12-15-23(16-13-20)30-29-31(19-21-8-4-3-5-9-21)28(32)27(34-29)18-22-14-17-26(33-2)25-11-7-6-10-24(22)25/h3-18H,19H2,1-2H3/b27-18+,30-29?. The van der Waals surface area contributed by atoms with Crippen LogP contribution in [0.5, 0.6) is 5.75 Å². The molecule has 4 aromatic carbocycles. The highest BCUT2D eigenvalue weighted by Crippen LogP contribution is 2.37. The molecule has 0 radical (unpaired) electrons. The highest BCUT2D eigenvalue weighted by Gasteiger charge is 2.33. The number of nitrogens with zero attached hydrogens (tertiary/aromatic N) is 2. The van der Waals surface area contributed by atoms with Gasteiger partial charge in [0, 0.05) is 5.39 Å². The first-order chi connectivity index (χ1) is 16.6. The molecule has 0 aromatic heterocycles. The number of aryl methyl sites for hydroxylation is 1. The topological polar surface area (TPSA) is 41.9 Å². The van der Waals surface area contributed by atoms with Gasteiger partial charge in [-0.15, -0.1) is 0 Å². The first-order valence-corrected chi connectivity index (χ1v) is 11.9. The van der Waals surface area contributed by atoms with Crippen molar-refractivity contribution in [2.75, 3.05) is 7.11 Å². The van der Waals surface area contributed by atoms with Gasteiger partial charge in [-0.25, -0.2) is 4.99 Å². The lowest BCUT2D eigenvalue weighted by molar-refractivity contribution is -0.122. The van der Waals surface area contributed by atoms with E-state index < -0.39 is 0 Å². The molecule has 0 atom stereocenters. The third-order valence-electron chi connectivity index (χ3n) is 5.75. The number of carbonyl (C=O) groups excluding carboxylic acids is 1. The molecular formula is C29H24N2O2S. The summed E-state index contributed by atoms with van der Waals surface area (Å²) in [5.74, 6) is 0.773. The van der Waals surface area contributed by atoms with Crippen LogP contribution >= 0.6 is 11.8 Å². The van der Waals surface area contributed by atoms with Crippen LogP contribution in [-0.2, 0) is 11.3 Å². The van der Waals surface area contributed by atoms with Gasteiger partial charge >= 0.3 is 0 Å². The molecule has 4 nitrogen and oxygen atoms in total. The zero-order chi connectivity index (χ0) is 23.5. The SMILES string of the molecule is COc1ccc(/C=C2/SC(=Nc3ccc(C)cc3)N(Cc3ccccc3)C2=O)c2ccccc12. The average molecular weight is 465 g/mol. The Balaban J connectivity index is 1.56. The number of hydrogen-bond donors (Lipinski definition) is 0. The minimum absolute atomic E-state index is 0.0420. The number of rotatable bonds is 5. The summed E-state index contributed by atoms with van der Waals surface area (Å²) in [7, 11) is 1.67.